The van der Waals surface area contributed by atoms with Gasteiger partial charge in [-0.3, -0.25) is 0 Å². The standard InChI is InChI=1S/C11H17BO2/c1-3-4-5-10-6-9(2)7-11(8-10)12(13)14/h6-8,13-14H,3-5H2,1-2H3. The van der Waals surface area contributed by atoms with Crippen LogP contribution in [0, 0.1) is 6.92 Å². The van der Waals surface area contributed by atoms with Crippen molar-refractivity contribution >= 4 is 12.6 Å². The van der Waals surface area contributed by atoms with E-state index >= 15 is 0 Å². The van der Waals surface area contributed by atoms with Gasteiger partial charge in [0.05, 0.1) is 0 Å². The lowest BCUT2D eigenvalue weighted by Crippen LogP contribution is -2.30. The van der Waals surface area contributed by atoms with Gasteiger partial charge in [0.2, 0.25) is 0 Å². The molecule has 1 aromatic carbocycles. The monoisotopic (exact) mass is 192 g/mol. The van der Waals surface area contributed by atoms with Gasteiger partial charge in [-0.2, -0.15) is 0 Å². The van der Waals surface area contributed by atoms with E-state index in [0.29, 0.717) is 5.46 Å². The summed E-state index contributed by atoms with van der Waals surface area (Å²) in [5.41, 5.74) is 2.87. The lowest BCUT2D eigenvalue weighted by Gasteiger charge is -2.06. The van der Waals surface area contributed by atoms with Crippen molar-refractivity contribution in [2.24, 2.45) is 0 Å². The highest BCUT2D eigenvalue weighted by molar-refractivity contribution is 6.58. The fourth-order valence-electron chi connectivity index (χ4n) is 1.57. The summed E-state index contributed by atoms with van der Waals surface area (Å²) in [6, 6.07) is 5.77. The highest BCUT2D eigenvalue weighted by atomic mass is 16.4. The molecule has 0 amide bonds. The van der Waals surface area contributed by atoms with Crippen molar-refractivity contribution in [1.82, 2.24) is 0 Å². The summed E-state index contributed by atoms with van der Waals surface area (Å²) in [4.78, 5) is 0. The van der Waals surface area contributed by atoms with E-state index in [-0.39, 0.29) is 0 Å². The average molecular weight is 192 g/mol. The minimum atomic E-state index is -1.35. The van der Waals surface area contributed by atoms with Crippen LogP contribution in [0.2, 0.25) is 0 Å². The van der Waals surface area contributed by atoms with Crippen LogP contribution in [0.25, 0.3) is 0 Å². The molecule has 0 aliphatic rings. The zero-order valence-corrected chi connectivity index (χ0v) is 8.83. The minimum Gasteiger partial charge on any atom is -0.423 e. The molecule has 0 spiro atoms. The van der Waals surface area contributed by atoms with Gasteiger partial charge in [0.1, 0.15) is 0 Å². The van der Waals surface area contributed by atoms with Crippen LogP contribution in [0.5, 0.6) is 0 Å². The van der Waals surface area contributed by atoms with Gasteiger partial charge < -0.3 is 10.0 Å². The highest BCUT2D eigenvalue weighted by Crippen LogP contribution is 2.06. The van der Waals surface area contributed by atoms with Crippen LogP contribution in [0.3, 0.4) is 0 Å². The Balaban J connectivity index is 2.84. The molecule has 1 rings (SSSR count). The van der Waals surface area contributed by atoms with Crippen molar-refractivity contribution in [3.8, 4) is 0 Å². The molecule has 0 radical (unpaired) electrons. The summed E-state index contributed by atoms with van der Waals surface area (Å²) >= 11 is 0. The fraction of sp³-hybridized carbons (Fsp3) is 0.455. The van der Waals surface area contributed by atoms with Crippen LogP contribution < -0.4 is 5.46 Å². The van der Waals surface area contributed by atoms with E-state index < -0.39 is 7.12 Å². The third kappa shape index (κ3) is 3.16. The van der Waals surface area contributed by atoms with Crippen LogP contribution in [0.1, 0.15) is 30.9 Å². The minimum absolute atomic E-state index is 0.594. The van der Waals surface area contributed by atoms with Crippen molar-refractivity contribution in [3.63, 3.8) is 0 Å². The van der Waals surface area contributed by atoms with E-state index in [4.69, 9.17) is 10.0 Å². The van der Waals surface area contributed by atoms with Gasteiger partial charge in [-0.1, -0.05) is 37.1 Å². The third-order valence-corrected chi connectivity index (χ3v) is 2.28. The van der Waals surface area contributed by atoms with Crippen molar-refractivity contribution < 1.29 is 10.0 Å². The van der Waals surface area contributed by atoms with Crippen LogP contribution >= 0.6 is 0 Å². The van der Waals surface area contributed by atoms with Crippen molar-refractivity contribution in [3.05, 3.63) is 29.3 Å². The first-order valence-electron chi connectivity index (χ1n) is 5.10. The molecule has 1 aromatic rings. The largest absolute Gasteiger partial charge is 0.488 e. The zero-order valence-electron chi connectivity index (χ0n) is 8.83. The maximum atomic E-state index is 9.05. The van der Waals surface area contributed by atoms with Gasteiger partial charge in [-0.05, 0) is 30.8 Å². The van der Waals surface area contributed by atoms with Crippen molar-refractivity contribution in [2.45, 2.75) is 33.1 Å². The second-order valence-corrected chi connectivity index (χ2v) is 3.73. The maximum Gasteiger partial charge on any atom is 0.488 e. The Morgan fingerprint density at radius 3 is 2.50 bits per heavy atom. The normalized spacial score (nSPS) is 10.3. The molecule has 2 N–H and O–H groups in total. The van der Waals surface area contributed by atoms with E-state index in [9.17, 15) is 0 Å². The smallest absolute Gasteiger partial charge is 0.423 e. The van der Waals surface area contributed by atoms with E-state index in [1.54, 1.807) is 6.07 Å². The lowest BCUT2D eigenvalue weighted by molar-refractivity contribution is 0.425. The number of aryl methyl sites for hydroxylation is 2. The first-order valence-corrected chi connectivity index (χ1v) is 5.10. The first-order chi connectivity index (χ1) is 6.63. The molecule has 0 aliphatic heterocycles. The summed E-state index contributed by atoms with van der Waals surface area (Å²) in [5.74, 6) is 0. The second kappa shape index (κ2) is 5.18. The Bertz CT molecular complexity index is 297. The molecule has 0 saturated heterocycles. The molecule has 0 saturated carbocycles. The van der Waals surface area contributed by atoms with E-state index in [0.717, 1.165) is 24.8 Å². The quantitative estimate of drug-likeness (QED) is 0.699. The Labute approximate surface area is 85.7 Å². The van der Waals surface area contributed by atoms with Crippen molar-refractivity contribution in [1.29, 1.82) is 0 Å². The maximum absolute atomic E-state index is 9.05. The number of hydrogen-bond acceptors (Lipinski definition) is 2. The highest BCUT2D eigenvalue weighted by Gasteiger charge is 2.11. The van der Waals surface area contributed by atoms with Crippen LogP contribution in [-0.2, 0) is 6.42 Å². The van der Waals surface area contributed by atoms with E-state index in [2.05, 4.69) is 13.0 Å². The Morgan fingerprint density at radius 1 is 1.21 bits per heavy atom. The second-order valence-electron chi connectivity index (χ2n) is 3.73. The van der Waals surface area contributed by atoms with Gasteiger partial charge in [0, 0.05) is 0 Å². The summed E-state index contributed by atoms with van der Waals surface area (Å²) in [5, 5.41) is 18.1. The number of benzene rings is 1. The molecule has 76 valence electrons. The molecule has 2 nitrogen and oxygen atoms in total. The predicted octanol–water partition coefficient (Wildman–Crippen LogP) is 1.02. The Morgan fingerprint density at radius 2 is 1.93 bits per heavy atom. The number of rotatable bonds is 4. The van der Waals surface area contributed by atoms with Gasteiger partial charge in [0.25, 0.3) is 0 Å². The summed E-state index contributed by atoms with van der Waals surface area (Å²) in [6.45, 7) is 4.12. The molecule has 14 heavy (non-hydrogen) atoms. The van der Waals surface area contributed by atoms with E-state index in [1.807, 2.05) is 13.0 Å². The van der Waals surface area contributed by atoms with Gasteiger partial charge in [-0.25, -0.2) is 0 Å². The molecule has 0 atom stereocenters. The topological polar surface area (TPSA) is 40.5 Å². The molecule has 0 aromatic heterocycles. The number of unbranched alkanes of at least 4 members (excludes halogenated alkanes) is 1. The van der Waals surface area contributed by atoms with Crippen molar-refractivity contribution in [2.75, 3.05) is 0 Å². The summed E-state index contributed by atoms with van der Waals surface area (Å²) in [7, 11) is -1.35. The average Bonchev–Trinajstić information content (AvgIpc) is 2.14. The fourth-order valence-corrected chi connectivity index (χ4v) is 1.57. The van der Waals surface area contributed by atoms with Gasteiger partial charge >= 0.3 is 7.12 Å². The molecule has 0 bridgehead atoms. The molecule has 0 unspecified atom stereocenters. The summed E-state index contributed by atoms with van der Waals surface area (Å²) in [6.07, 6.45) is 3.31. The SMILES string of the molecule is CCCCc1cc(C)cc(B(O)O)c1. The molecule has 3 heteroatoms. The molecule has 0 fully saturated rings. The van der Waals surface area contributed by atoms with Crippen LogP contribution in [0.15, 0.2) is 18.2 Å². The lowest BCUT2D eigenvalue weighted by atomic mass is 9.78. The Kier molecular flexibility index (Phi) is 4.17. The Hall–Kier alpha value is -0.795. The zero-order chi connectivity index (χ0) is 10.6. The van der Waals surface area contributed by atoms with E-state index in [1.165, 1.54) is 5.56 Å². The molecule has 0 heterocycles. The predicted molar refractivity (Wildman–Crippen MR) is 59.6 cm³/mol. The number of hydrogen-bond donors (Lipinski definition) is 2. The molecular weight excluding hydrogens is 175 g/mol. The third-order valence-electron chi connectivity index (χ3n) is 2.28. The van der Waals surface area contributed by atoms with Gasteiger partial charge in [-0.15, -0.1) is 0 Å². The van der Waals surface area contributed by atoms with Gasteiger partial charge in [0.15, 0.2) is 0 Å². The van der Waals surface area contributed by atoms with Crippen LogP contribution in [0.4, 0.5) is 0 Å². The molecular formula is C11H17BO2. The summed E-state index contributed by atoms with van der Waals surface area (Å²) < 4.78 is 0. The molecule has 0 aliphatic carbocycles. The van der Waals surface area contributed by atoms with Crippen LogP contribution in [-0.4, -0.2) is 17.2 Å². The first kappa shape index (κ1) is 11.3.